The van der Waals surface area contributed by atoms with Crippen LogP contribution in [0, 0.1) is 0 Å². The van der Waals surface area contributed by atoms with E-state index in [0.717, 1.165) is 12.8 Å². The Balaban J connectivity index is 1.63. The number of carbonyl (C=O) groups is 2. The summed E-state index contributed by atoms with van der Waals surface area (Å²) in [6.45, 7) is 1.12. The monoisotopic (exact) mass is 364 g/mol. The lowest BCUT2D eigenvalue weighted by Gasteiger charge is -2.39. The number of anilines is 1. The van der Waals surface area contributed by atoms with Crippen LogP contribution in [0.25, 0.3) is 0 Å². The van der Waals surface area contributed by atoms with E-state index < -0.39 is 5.60 Å². The molecule has 0 unspecified atom stereocenters. The Morgan fingerprint density at radius 1 is 1.40 bits per heavy atom. The van der Waals surface area contributed by atoms with Crippen molar-refractivity contribution in [1.82, 2.24) is 9.80 Å². The van der Waals surface area contributed by atoms with Gasteiger partial charge >= 0.3 is 6.03 Å². The van der Waals surface area contributed by atoms with Crippen molar-refractivity contribution in [3.8, 4) is 0 Å². The van der Waals surface area contributed by atoms with Crippen molar-refractivity contribution in [3.05, 3.63) is 29.3 Å². The average Bonchev–Trinajstić information content (AvgIpc) is 2.97. The summed E-state index contributed by atoms with van der Waals surface area (Å²) in [6.07, 6.45) is 1.97. The molecule has 1 atom stereocenters. The number of nitrogens with one attached hydrogen (secondary N) is 1. The molecule has 1 aromatic carbocycles. The Hall–Kier alpha value is -2.28. The number of hydrogen-bond acceptors (Lipinski definition) is 4. The maximum atomic E-state index is 12.4. The van der Waals surface area contributed by atoms with Gasteiger partial charge in [-0.2, -0.15) is 0 Å². The topological polar surface area (TPSA) is 74.2 Å². The van der Waals surface area contributed by atoms with Crippen LogP contribution < -0.4 is 5.32 Å². The van der Waals surface area contributed by atoms with E-state index in [1.807, 2.05) is 0 Å². The highest BCUT2D eigenvalue weighted by Crippen LogP contribution is 2.34. The van der Waals surface area contributed by atoms with Gasteiger partial charge < -0.3 is 20.0 Å². The van der Waals surface area contributed by atoms with E-state index in [1.54, 1.807) is 48.2 Å². The molecular formula is C17H21ClN4O3. The molecule has 3 amide bonds. The summed E-state index contributed by atoms with van der Waals surface area (Å²) in [7, 11) is 3.44. The minimum Gasteiger partial charge on any atom is -0.386 e. The minimum atomic E-state index is -0.606. The quantitative estimate of drug-likeness (QED) is 0.876. The van der Waals surface area contributed by atoms with Gasteiger partial charge in [0.15, 0.2) is 5.60 Å². The van der Waals surface area contributed by atoms with Crippen LogP contribution in [0.5, 0.6) is 0 Å². The molecule has 1 aromatic rings. The Morgan fingerprint density at radius 3 is 2.92 bits per heavy atom. The van der Waals surface area contributed by atoms with Gasteiger partial charge in [-0.05, 0) is 31.0 Å². The fourth-order valence-electron chi connectivity index (χ4n) is 3.18. The largest absolute Gasteiger partial charge is 0.386 e. The van der Waals surface area contributed by atoms with Crippen molar-refractivity contribution < 1.29 is 14.4 Å². The second kappa shape index (κ2) is 6.92. The van der Waals surface area contributed by atoms with E-state index in [1.165, 1.54) is 0 Å². The van der Waals surface area contributed by atoms with Crippen molar-refractivity contribution >= 4 is 34.9 Å². The van der Waals surface area contributed by atoms with E-state index in [9.17, 15) is 9.59 Å². The average molecular weight is 365 g/mol. The van der Waals surface area contributed by atoms with Crippen LogP contribution in [0.15, 0.2) is 29.4 Å². The number of oxime groups is 1. The Kier molecular flexibility index (Phi) is 4.85. The normalized spacial score (nSPS) is 22.4. The molecule has 0 aromatic heterocycles. The van der Waals surface area contributed by atoms with E-state index in [4.69, 9.17) is 16.4 Å². The van der Waals surface area contributed by atoms with Gasteiger partial charge in [0.05, 0.1) is 6.54 Å². The maximum Gasteiger partial charge on any atom is 0.319 e. The summed E-state index contributed by atoms with van der Waals surface area (Å²) in [5.41, 5.74) is 0.332. The molecule has 25 heavy (non-hydrogen) atoms. The molecule has 7 nitrogen and oxygen atoms in total. The van der Waals surface area contributed by atoms with Gasteiger partial charge in [-0.3, -0.25) is 4.79 Å². The number of amides is 3. The van der Waals surface area contributed by atoms with Crippen LogP contribution in [0.3, 0.4) is 0 Å². The molecule has 134 valence electrons. The summed E-state index contributed by atoms with van der Waals surface area (Å²) in [6, 6.07) is 6.87. The van der Waals surface area contributed by atoms with E-state index in [0.29, 0.717) is 35.9 Å². The molecule has 1 fully saturated rings. The third kappa shape index (κ3) is 3.87. The highest BCUT2D eigenvalue weighted by Gasteiger charge is 2.45. The molecule has 0 radical (unpaired) electrons. The molecule has 0 aliphatic carbocycles. The molecule has 0 saturated carbocycles. The standard InChI is InChI=1S/C17H21ClN4O3/c1-21(2)16(24)22-8-4-7-17(11-22)10-14(20-25-17)15(23)19-13-6-3-5-12(18)9-13/h3,5-6,9H,4,7-8,10-11H2,1-2H3,(H,19,23)/t17-/m1/s1. The fourth-order valence-corrected chi connectivity index (χ4v) is 3.37. The number of hydrogen-bond donors (Lipinski definition) is 1. The highest BCUT2D eigenvalue weighted by molar-refractivity contribution is 6.43. The van der Waals surface area contributed by atoms with Crippen molar-refractivity contribution in [3.63, 3.8) is 0 Å². The molecular weight excluding hydrogens is 344 g/mol. The van der Waals surface area contributed by atoms with E-state index in [-0.39, 0.29) is 11.9 Å². The smallest absolute Gasteiger partial charge is 0.319 e. The number of rotatable bonds is 2. The molecule has 2 heterocycles. The zero-order valence-corrected chi connectivity index (χ0v) is 15.0. The number of piperidine rings is 1. The van der Waals surface area contributed by atoms with Crippen LogP contribution in [-0.2, 0) is 9.63 Å². The lowest BCUT2D eigenvalue weighted by molar-refractivity contribution is -0.110. The van der Waals surface area contributed by atoms with E-state index in [2.05, 4.69) is 10.5 Å². The molecule has 1 spiro atoms. The minimum absolute atomic E-state index is 0.0560. The first-order valence-corrected chi connectivity index (χ1v) is 8.55. The Bertz CT molecular complexity index is 722. The summed E-state index contributed by atoms with van der Waals surface area (Å²) in [5, 5.41) is 7.31. The predicted molar refractivity (Wildman–Crippen MR) is 95.8 cm³/mol. The van der Waals surface area contributed by atoms with Gasteiger partial charge in [-0.15, -0.1) is 0 Å². The highest BCUT2D eigenvalue weighted by atomic mass is 35.5. The number of halogens is 1. The molecule has 0 bridgehead atoms. The third-order valence-corrected chi connectivity index (χ3v) is 4.61. The summed E-state index contributed by atoms with van der Waals surface area (Å²) in [5.74, 6) is -0.310. The molecule has 8 heteroatoms. The van der Waals surface area contributed by atoms with E-state index >= 15 is 0 Å². The van der Waals surface area contributed by atoms with Crippen molar-refractivity contribution in [1.29, 1.82) is 0 Å². The van der Waals surface area contributed by atoms with Gasteiger partial charge in [0.1, 0.15) is 5.71 Å². The van der Waals surface area contributed by atoms with Crippen molar-refractivity contribution in [2.24, 2.45) is 5.16 Å². The second-order valence-electron chi connectivity index (χ2n) is 6.66. The van der Waals surface area contributed by atoms with Crippen LogP contribution in [0.4, 0.5) is 10.5 Å². The number of nitrogens with zero attached hydrogens (tertiary/aromatic N) is 3. The van der Waals surface area contributed by atoms with Crippen molar-refractivity contribution in [2.75, 3.05) is 32.5 Å². The number of urea groups is 1. The van der Waals surface area contributed by atoms with Gasteiger partial charge in [-0.25, -0.2) is 4.79 Å². The van der Waals surface area contributed by atoms with Crippen LogP contribution >= 0.6 is 11.6 Å². The van der Waals surface area contributed by atoms with Gasteiger partial charge in [0.25, 0.3) is 5.91 Å². The van der Waals surface area contributed by atoms with Crippen LogP contribution in [0.1, 0.15) is 19.3 Å². The SMILES string of the molecule is CN(C)C(=O)N1CCC[C@@]2(CC(C(=O)Nc3cccc(Cl)c3)=NO2)C1. The molecule has 1 saturated heterocycles. The summed E-state index contributed by atoms with van der Waals surface area (Å²) in [4.78, 5) is 33.5. The zero-order valence-electron chi connectivity index (χ0n) is 14.3. The third-order valence-electron chi connectivity index (χ3n) is 4.38. The molecule has 3 rings (SSSR count). The molecule has 1 N–H and O–H groups in total. The van der Waals surface area contributed by atoms with Gasteiger partial charge in [-0.1, -0.05) is 22.8 Å². The van der Waals surface area contributed by atoms with Crippen LogP contribution in [0.2, 0.25) is 5.02 Å². The van der Waals surface area contributed by atoms with Crippen molar-refractivity contribution in [2.45, 2.75) is 24.9 Å². The lowest BCUT2D eigenvalue weighted by atomic mass is 9.88. The first-order chi connectivity index (χ1) is 11.9. The summed E-state index contributed by atoms with van der Waals surface area (Å²) < 4.78 is 0. The zero-order chi connectivity index (χ0) is 18.0. The number of benzene rings is 1. The van der Waals surface area contributed by atoms with Gasteiger partial charge in [0, 0.05) is 37.8 Å². The second-order valence-corrected chi connectivity index (χ2v) is 7.09. The molecule has 2 aliphatic rings. The van der Waals surface area contributed by atoms with Gasteiger partial charge in [0.2, 0.25) is 0 Å². The summed E-state index contributed by atoms with van der Waals surface area (Å²) >= 11 is 5.93. The Labute approximate surface area is 151 Å². The first kappa shape index (κ1) is 17.5. The Morgan fingerprint density at radius 2 is 2.20 bits per heavy atom. The first-order valence-electron chi connectivity index (χ1n) is 8.17. The number of likely N-dealkylation sites (tertiary alicyclic amines) is 1. The lowest BCUT2D eigenvalue weighted by Crippen LogP contribution is -2.53. The maximum absolute atomic E-state index is 12.4. The molecule has 2 aliphatic heterocycles. The fraction of sp³-hybridized carbons (Fsp3) is 0.471. The van der Waals surface area contributed by atoms with Crippen LogP contribution in [-0.4, -0.2) is 60.2 Å². The predicted octanol–water partition coefficient (Wildman–Crippen LogP) is 2.57. The number of carbonyl (C=O) groups excluding carboxylic acids is 2.